The number of aromatic amines is 1. The summed E-state index contributed by atoms with van der Waals surface area (Å²) in [6, 6.07) is 7.96. The average Bonchev–Trinajstić information content (AvgIpc) is 3.34. The standard InChI is InChI=1S/C16H19N9/c1-10(2)8-24-14-7-5-4-6-12(14)17-16(24)13-9-25(23-18-13)11(3)15-19-21-22-20-15/h4-7,9-11H,8H2,1-3H3,(H,19,20,21,22). The number of rotatable bonds is 5. The van der Waals surface area contributed by atoms with Gasteiger partial charge >= 0.3 is 0 Å². The molecule has 1 aromatic carbocycles. The highest BCUT2D eigenvalue weighted by atomic mass is 15.5. The summed E-state index contributed by atoms with van der Waals surface area (Å²) in [5.41, 5.74) is 2.79. The van der Waals surface area contributed by atoms with Crippen molar-refractivity contribution in [3.05, 3.63) is 36.3 Å². The van der Waals surface area contributed by atoms with Crippen molar-refractivity contribution < 1.29 is 0 Å². The van der Waals surface area contributed by atoms with Crippen molar-refractivity contribution in [2.75, 3.05) is 0 Å². The predicted octanol–water partition coefficient (Wildman–Crippen LogP) is 2.07. The molecule has 4 aromatic rings. The average molecular weight is 337 g/mol. The van der Waals surface area contributed by atoms with E-state index in [0.717, 1.165) is 29.1 Å². The third-order valence-corrected chi connectivity index (χ3v) is 4.07. The van der Waals surface area contributed by atoms with Crippen molar-refractivity contribution >= 4 is 11.0 Å². The first kappa shape index (κ1) is 15.4. The van der Waals surface area contributed by atoms with Gasteiger partial charge in [-0.25, -0.2) is 9.67 Å². The minimum absolute atomic E-state index is 0.164. The van der Waals surface area contributed by atoms with Gasteiger partial charge in [-0.1, -0.05) is 36.4 Å². The first-order chi connectivity index (χ1) is 12.1. The van der Waals surface area contributed by atoms with Crippen LogP contribution in [0.1, 0.15) is 32.6 Å². The highest BCUT2D eigenvalue weighted by molar-refractivity contribution is 5.79. The third-order valence-electron chi connectivity index (χ3n) is 4.07. The molecule has 0 radical (unpaired) electrons. The van der Waals surface area contributed by atoms with Crippen LogP contribution in [0.2, 0.25) is 0 Å². The van der Waals surface area contributed by atoms with E-state index in [1.54, 1.807) is 4.68 Å². The van der Waals surface area contributed by atoms with Crippen molar-refractivity contribution in [3.63, 3.8) is 0 Å². The molecule has 4 rings (SSSR count). The van der Waals surface area contributed by atoms with E-state index < -0.39 is 0 Å². The van der Waals surface area contributed by atoms with Crippen LogP contribution in [0, 0.1) is 5.92 Å². The van der Waals surface area contributed by atoms with Crippen LogP contribution >= 0.6 is 0 Å². The Kier molecular flexibility index (Phi) is 3.75. The summed E-state index contributed by atoms with van der Waals surface area (Å²) in [6.07, 6.45) is 1.87. The lowest BCUT2D eigenvalue weighted by molar-refractivity contribution is 0.519. The summed E-state index contributed by atoms with van der Waals surface area (Å²) in [4.78, 5) is 4.77. The lowest BCUT2D eigenvalue weighted by Crippen LogP contribution is -2.09. The Labute approximate surface area is 144 Å². The van der Waals surface area contributed by atoms with Gasteiger partial charge < -0.3 is 4.57 Å². The molecular formula is C16H19N9. The Morgan fingerprint density at radius 1 is 1.12 bits per heavy atom. The minimum atomic E-state index is -0.164. The molecule has 9 heteroatoms. The summed E-state index contributed by atoms with van der Waals surface area (Å²) in [5.74, 6) is 1.87. The topological polar surface area (TPSA) is 103 Å². The van der Waals surface area contributed by atoms with Crippen LogP contribution in [0.4, 0.5) is 0 Å². The molecule has 3 aromatic heterocycles. The van der Waals surface area contributed by atoms with Crippen LogP contribution in [0.25, 0.3) is 22.6 Å². The smallest absolute Gasteiger partial charge is 0.198 e. The Morgan fingerprint density at radius 2 is 1.96 bits per heavy atom. The van der Waals surface area contributed by atoms with Crippen molar-refractivity contribution in [2.24, 2.45) is 5.92 Å². The number of H-pyrrole nitrogens is 1. The number of hydrogen-bond acceptors (Lipinski definition) is 6. The second kappa shape index (κ2) is 6.08. The predicted molar refractivity (Wildman–Crippen MR) is 91.6 cm³/mol. The summed E-state index contributed by atoms with van der Waals surface area (Å²) < 4.78 is 3.92. The summed E-state index contributed by atoms with van der Waals surface area (Å²) >= 11 is 0. The van der Waals surface area contributed by atoms with Gasteiger partial charge in [-0.2, -0.15) is 5.21 Å². The van der Waals surface area contributed by atoms with Gasteiger partial charge in [0.25, 0.3) is 0 Å². The van der Waals surface area contributed by atoms with Gasteiger partial charge in [-0.3, -0.25) is 0 Å². The van der Waals surface area contributed by atoms with E-state index in [9.17, 15) is 0 Å². The molecule has 0 amide bonds. The Morgan fingerprint density at radius 3 is 2.72 bits per heavy atom. The Bertz CT molecular complexity index is 980. The maximum atomic E-state index is 4.77. The normalized spacial score (nSPS) is 13.0. The van der Waals surface area contributed by atoms with E-state index in [1.165, 1.54) is 0 Å². The molecule has 0 saturated heterocycles. The van der Waals surface area contributed by atoms with Crippen molar-refractivity contribution in [3.8, 4) is 11.5 Å². The first-order valence-corrected chi connectivity index (χ1v) is 8.24. The molecular weight excluding hydrogens is 318 g/mol. The number of tetrazole rings is 1. The van der Waals surface area contributed by atoms with Gasteiger partial charge in [0.1, 0.15) is 11.7 Å². The van der Waals surface area contributed by atoms with E-state index in [1.807, 2.05) is 31.3 Å². The Balaban J connectivity index is 1.77. The number of benzene rings is 1. The number of hydrogen-bond donors (Lipinski definition) is 1. The minimum Gasteiger partial charge on any atom is -0.322 e. The number of imidazole rings is 1. The van der Waals surface area contributed by atoms with Crippen molar-refractivity contribution in [1.82, 2.24) is 45.2 Å². The zero-order valence-corrected chi connectivity index (χ0v) is 14.3. The number of para-hydroxylation sites is 2. The van der Waals surface area contributed by atoms with E-state index in [4.69, 9.17) is 4.98 Å². The van der Waals surface area contributed by atoms with Crippen LogP contribution < -0.4 is 0 Å². The van der Waals surface area contributed by atoms with Crippen LogP contribution in [0.3, 0.4) is 0 Å². The van der Waals surface area contributed by atoms with Gasteiger partial charge in [0, 0.05) is 6.54 Å². The molecule has 3 heterocycles. The first-order valence-electron chi connectivity index (χ1n) is 8.24. The third kappa shape index (κ3) is 2.77. The number of fused-ring (bicyclic) bond motifs is 1. The van der Waals surface area contributed by atoms with Crippen LogP contribution in [0.15, 0.2) is 30.5 Å². The quantitative estimate of drug-likeness (QED) is 0.598. The maximum Gasteiger partial charge on any atom is 0.198 e. The van der Waals surface area contributed by atoms with Gasteiger partial charge in [0.2, 0.25) is 0 Å². The zero-order chi connectivity index (χ0) is 17.4. The van der Waals surface area contributed by atoms with E-state index in [2.05, 4.69) is 55.4 Å². The fourth-order valence-corrected chi connectivity index (χ4v) is 2.85. The van der Waals surface area contributed by atoms with Crippen molar-refractivity contribution in [1.29, 1.82) is 0 Å². The van der Waals surface area contributed by atoms with E-state index >= 15 is 0 Å². The largest absolute Gasteiger partial charge is 0.322 e. The number of nitrogens with one attached hydrogen (secondary N) is 1. The highest BCUT2D eigenvalue weighted by Crippen LogP contribution is 2.25. The van der Waals surface area contributed by atoms with Crippen LogP contribution in [-0.4, -0.2) is 45.2 Å². The molecule has 1 unspecified atom stereocenters. The molecule has 1 N–H and O–H groups in total. The maximum absolute atomic E-state index is 4.77. The molecule has 0 aliphatic carbocycles. The van der Waals surface area contributed by atoms with Crippen LogP contribution in [-0.2, 0) is 6.54 Å². The fraction of sp³-hybridized carbons (Fsp3) is 0.375. The van der Waals surface area contributed by atoms with Crippen LogP contribution in [0.5, 0.6) is 0 Å². The molecule has 1 atom stereocenters. The summed E-state index contributed by atoms with van der Waals surface area (Å²) in [7, 11) is 0. The lowest BCUT2D eigenvalue weighted by Gasteiger charge is -2.10. The number of aromatic nitrogens is 9. The number of nitrogens with zero attached hydrogens (tertiary/aromatic N) is 8. The van der Waals surface area contributed by atoms with Crippen molar-refractivity contribution in [2.45, 2.75) is 33.4 Å². The molecule has 0 aliphatic heterocycles. The molecule has 9 nitrogen and oxygen atoms in total. The monoisotopic (exact) mass is 337 g/mol. The van der Waals surface area contributed by atoms with Gasteiger partial charge in [-0.05, 0) is 25.0 Å². The van der Waals surface area contributed by atoms with E-state index in [-0.39, 0.29) is 6.04 Å². The Hall–Kier alpha value is -3.10. The van der Waals surface area contributed by atoms with Gasteiger partial charge in [0.15, 0.2) is 11.6 Å². The SMILES string of the molecule is CC(C)Cn1c(-c2cn(C(C)c3nn[nH]n3)nn2)nc2ccccc21. The second-order valence-electron chi connectivity index (χ2n) is 6.46. The fourth-order valence-electron chi connectivity index (χ4n) is 2.85. The second-order valence-corrected chi connectivity index (χ2v) is 6.46. The van der Waals surface area contributed by atoms with E-state index in [0.29, 0.717) is 11.7 Å². The van der Waals surface area contributed by atoms with Gasteiger partial charge in [0.05, 0.1) is 17.2 Å². The molecule has 0 fully saturated rings. The highest BCUT2D eigenvalue weighted by Gasteiger charge is 2.19. The molecule has 0 bridgehead atoms. The molecule has 0 saturated carbocycles. The lowest BCUT2D eigenvalue weighted by atomic mass is 10.2. The summed E-state index contributed by atoms with van der Waals surface area (Å²) in [5, 5.41) is 22.6. The molecule has 0 aliphatic rings. The summed E-state index contributed by atoms with van der Waals surface area (Å²) in [6.45, 7) is 7.19. The zero-order valence-electron chi connectivity index (χ0n) is 14.3. The van der Waals surface area contributed by atoms with Gasteiger partial charge in [-0.15, -0.1) is 15.3 Å². The molecule has 128 valence electrons. The molecule has 25 heavy (non-hydrogen) atoms. The molecule has 0 spiro atoms.